The Bertz CT molecular complexity index is 449. The summed E-state index contributed by atoms with van der Waals surface area (Å²) < 4.78 is 19.5. The van der Waals surface area contributed by atoms with Gasteiger partial charge in [-0.3, -0.25) is 5.41 Å². The van der Waals surface area contributed by atoms with Crippen LogP contribution < -0.4 is 10.5 Å². The first-order valence-electron chi connectivity index (χ1n) is 6.25. The number of amidine groups is 1. The Kier molecular flexibility index (Phi) is 5.79. The molecule has 0 amide bonds. The molecule has 19 heavy (non-hydrogen) atoms. The highest BCUT2D eigenvalue weighted by Crippen LogP contribution is 2.24. The van der Waals surface area contributed by atoms with Crippen molar-refractivity contribution in [1.82, 2.24) is 0 Å². The molecule has 0 aliphatic rings. The average Bonchev–Trinajstić information content (AvgIpc) is 2.31. The fourth-order valence-electron chi connectivity index (χ4n) is 1.58. The van der Waals surface area contributed by atoms with Crippen LogP contribution in [0.25, 0.3) is 0 Å². The first kappa shape index (κ1) is 16.0. The first-order valence-corrected chi connectivity index (χ1v) is 7.04. The Hall–Kier alpha value is -1.10. The van der Waals surface area contributed by atoms with Crippen LogP contribution >= 0.6 is 15.9 Å². The van der Waals surface area contributed by atoms with E-state index in [1.165, 1.54) is 6.07 Å². The lowest BCUT2D eigenvalue weighted by atomic mass is 9.86. The maximum Gasteiger partial charge on any atom is 0.166 e. The van der Waals surface area contributed by atoms with Crippen molar-refractivity contribution in [2.24, 2.45) is 11.1 Å². The van der Waals surface area contributed by atoms with Crippen molar-refractivity contribution in [3.05, 3.63) is 28.5 Å². The van der Waals surface area contributed by atoms with E-state index in [0.29, 0.717) is 11.1 Å². The minimum absolute atomic E-state index is 0.201. The van der Waals surface area contributed by atoms with Gasteiger partial charge >= 0.3 is 0 Å². The van der Waals surface area contributed by atoms with Gasteiger partial charge in [0.05, 0.1) is 12.4 Å². The van der Waals surface area contributed by atoms with Crippen molar-refractivity contribution in [3.63, 3.8) is 0 Å². The van der Waals surface area contributed by atoms with Gasteiger partial charge in [-0.15, -0.1) is 0 Å². The summed E-state index contributed by atoms with van der Waals surface area (Å²) in [6.07, 6.45) is 2.53. The standard InChI is InChI=1S/C14H20BrFN2O/c1-14(2,13(17)18)7-3-4-8-19-12-6-5-10(15)9-11(12)16/h5-6,9H,3-4,7-8H2,1-2H3,(H3,17,18). The largest absolute Gasteiger partial charge is 0.491 e. The second kappa shape index (κ2) is 6.89. The van der Waals surface area contributed by atoms with Gasteiger partial charge in [-0.05, 0) is 37.5 Å². The molecule has 0 bridgehead atoms. The summed E-state index contributed by atoms with van der Waals surface area (Å²) in [5.74, 6) is 0.111. The topological polar surface area (TPSA) is 59.1 Å². The number of nitrogens with one attached hydrogen (secondary N) is 1. The lowest BCUT2D eigenvalue weighted by Crippen LogP contribution is -2.30. The lowest BCUT2D eigenvalue weighted by Gasteiger charge is -2.22. The number of hydrogen-bond acceptors (Lipinski definition) is 2. The summed E-state index contributed by atoms with van der Waals surface area (Å²) in [7, 11) is 0. The number of nitrogens with two attached hydrogens (primary N) is 1. The fourth-order valence-corrected chi connectivity index (χ4v) is 1.91. The maximum atomic E-state index is 13.5. The normalized spacial score (nSPS) is 11.4. The van der Waals surface area contributed by atoms with Crippen LogP contribution in [-0.4, -0.2) is 12.4 Å². The van der Waals surface area contributed by atoms with Crippen LogP contribution in [0.5, 0.6) is 5.75 Å². The molecule has 0 aliphatic heterocycles. The molecule has 0 radical (unpaired) electrons. The van der Waals surface area contributed by atoms with Crippen molar-refractivity contribution >= 4 is 21.8 Å². The summed E-state index contributed by atoms with van der Waals surface area (Å²) in [5.41, 5.74) is 5.23. The smallest absolute Gasteiger partial charge is 0.166 e. The van der Waals surface area contributed by atoms with E-state index in [2.05, 4.69) is 15.9 Å². The molecular formula is C14H20BrFN2O. The Morgan fingerprint density at radius 3 is 2.68 bits per heavy atom. The Morgan fingerprint density at radius 2 is 2.11 bits per heavy atom. The Morgan fingerprint density at radius 1 is 1.42 bits per heavy atom. The van der Waals surface area contributed by atoms with E-state index in [0.717, 1.165) is 19.3 Å². The molecule has 0 fully saturated rings. The first-order chi connectivity index (χ1) is 8.83. The molecule has 0 heterocycles. The molecule has 1 aromatic carbocycles. The zero-order chi connectivity index (χ0) is 14.5. The van der Waals surface area contributed by atoms with Gasteiger partial charge in [-0.25, -0.2) is 4.39 Å². The highest BCUT2D eigenvalue weighted by molar-refractivity contribution is 9.10. The number of ether oxygens (including phenoxy) is 1. The zero-order valence-electron chi connectivity index (χ0n) is 11.3. The Balaban J connectivity index is 2.30. The third-order valence-corrected chi connectivity index (χ3v) is 3.57. The number of benzene rings is 1. The summed E-state index contributed by atoms with van der Waals surface area (Å²) in [6, 6.07) is 4.74. The van der Waals surface area contributed by atoms with E-state index in [4.69, 9.17) is 15.9 Å². The van der Waals surface area contributed by atoms with Crippen LogP contribution in [0.1, 0.15) is 33.1 Å². The molecule has 0 unspecified atom stereocenters. The number of halogens is 2. The van der Waals surface area contributed by atoms with Gasteiger partial charge in [0.1, 0.15) is 0 Å². The molecule has 1 aromatic rings. The molecule has 3 N–H and O–H groups in total. The molecule has 1 rings (SSSR count). The monoisotopic (exact) mass is 330 g/mol. The van der Waals surface area contributed by atoms with Gasteiger partial charge in [-0.1, -0.05) is 29.8 Å². The molecule has 0 aliphatic carbocycles. The Labute approximate surface area is 122 Å². The van der Waals surface area contributed by atoms with E-state index in [9.17, 15) is 4.39 Å². The van der Waals surface area contributed by atoms with Crippen LogP contribution in [0.3, 0.4) is 0 Å². The highest BCUT2D eigenvalue weighted by Gasteiger charge is 2.20. The SMILES string of the molecule is CC(C)(CCCCOc1ccc(Br)cc1F)C(=N)N. The second-order valence-corrected chi connectivity index (χ2v) is 6.09. The van der Waals surface area contributed by atoms with Crippen molar-refractivity contribution in [3.8, 4) is 5.75 Å². The van der Waals surface area contributed by atoms with Gasteiger partial charge in [0.15, 0.2) is 11.6 Å². The number of hydrogen-bond donors (Lipinski definition) is 2. The third kappa shape index (κ3) is 5.19. The third-order valence-electron chi connectivity index (χ3n) is 3.08. The van der Waals surface area contributed by atoms with Crippen molar-refractivity contribution in [2.45, 2.75) is 33.1 Å². The van der Waals surface area contributed by atoms with Crippen LogP contribution in [0, 0.1) is 16.6 Å². The van der Waals surface area contributed by atoms with E-state index >= 15 is 0 Å². The highest BCUT2D eigenvalue weighted by atomic mass is 79.9. The minimum Gasteiger partial charge on any atom is -0.491 e. The minimum atomic E-state index is -0.363. The molecular weight excluding hydrogens is 311 g/mol. The quantitative estimate of drug-likeness (QED) is 0.449. The predicted octanol–water partition coefficient (Wildman–Crippen LogP) is 4.10. The molecule has 106 valence electrons. The predicted molar refractivity (Wildman–Crippen MR) is 79.1 cm³/mol. The number of rotatable bonds is 7. The molecule has 5 heteroatoms. The molecule has 0 spiro atoms. The van der Waals surface area contributed by atoms with E-state index in [-0.39, 0.29) is 22.8 Å². The van der Waals surface area contributed by atoms with Crippen LogP contribution in [-0.2, 0) is 0 Å². The van der Waals surface area contributed by atoms with Crippen LogP contribution in [0.2, 0.25) is 0 Å². The molecule has 3 nitrogen and oxygen atoms in total. The lowest BCUT2D eigenvalue weighted by molar-refractivity contribution is 0.283. The summed E-state index contributed by atoms with van der Waals surface area (Å²) >= 11 is 3.20. The van der Waals surface area contributed by atoms with Crippen LogP contribution in [0.4, 0.5) is 4.39 Å². The van der Waals surface area contributed by atoms with Gasteiger partial charge in [0.25, 0.3) is 0 Å². The average molecular weight is 331 g/mol. The van der Waals surface area contributed by atoms with E-state index < -0.39 is 0 Å². The van der Waals surface area contributed by atoms with Crippen molar-refractivity contribution in [1.29, 1.82) is 5.41 Å². The molecule has 0 saturated carbocycles. The van der Waals surface area contributed by atoms with Gasteiger partial charge in [-0.2, -0.15) is 0 Å². The summed E-state index contributed by atoms with van der Waals surface area (Å²) in [4.78, 5) is 0. The van der Waals surface area contributed by atoms with Crippen molar-refractivity contribution < 1.29 is 9.13 Å². The number of unbranched alkanes of at least 4 members (excludes halogenated alkanes) is 1. The van der Waals surface area contributed by atoms with E-state index in [1.807, 2.05) is 13.8 Å². The maximum absolute atomic E-state index is 13.5. The fraction of sp³-hybridized carbons (Fsp3) is 0.500. The zero-order valence-corrected chi connectivity index (χ0v) is 12.9. The summed E-state index contributed by atoms with van der Waals surface area (Å²) in [5, 5.41) is 7.45. The van der Waals surface area contributed by atoms with E-state index in [1.54, 1.807) is 12.1 Å². The van der Waals surface area contributed by atoms with Gasteiger partial charge in [0.2, 0.25) is 0 Å². The molecule has 0 saturated heterocycles. The van der Waals surface area contributed by atoms with Gasteiger partial charge in [0, 0.05) is 9.89 Å². The summed E-state index contributed by atoms with van der Waals surface area (Å²) in [6.45, 7) is 4.36. The van der Waals surface area contributed by atoms with Gasteiger partial charge < -0.3 is 10.5 Å². The van der Waals surface area contributed by atoms with Crippen LogP contribution in [0.15, 0.2) is 22.7 Å². The second-order valence-electron chi connectivity index (χ2n) is 5.18. The molecule has 0 aromatic heterocycles. The molecule has 0 atom stereocenters. The van der Waals surface area contributed by atoms with Crippen molar-refractivity contribution in [2.75, 3.05) is 6.61 Å².